The molecule has 0 radical (unpaired) electrons. The normalized spacial score (nSPS) is 28.3. The van der Waals surface area contributed by atoms with E-state index in [2.05, 4.69) is 23.1 Å². The summed E-state index contributed by atoms with van der Waals surface area (Å²) < 4.78 is 5.87. The lowest BCUT2D eigenvalue weighted by atomic mass is 9.92. The Balaban J connectivity index is 1.84. The molecule has 1 atom stereocenters. The third kappa shape index (κ3) is 2.62. The first-order valence-corrected chi connectivity index (χ1v) is 8.23. The number of hydrogen-bond donors (Lipinski definition) is 1. The number of thioether (sulfide) groups is 1. The Hall–Kier alpha value is -0.710. The van der Waals surface area contributed by atoms with Crippen molar-refractivity contribution < 1.29 is 4.74 Å². The van der Waals surface area contributed by atoms with E-state index in [0.29, 0.717) is 0 Å². The van der Waals surface area contributed by atoms with Crippen LogP contribution in [-0.4, -0.2) is 41.6 Å². The quantitative estimate of drug-likeness (QED) is 0.899. The van der Waals surface area contributed by atoms with Gasteiger partial charge in [0.25, 0.3) is 0 Å². The Morgan fingerprint density at radius 2 is 2.26 bits per heavy atom. The van der Waals surface area contributed by atoms with Crippen molar-refractivity contribution >= 4 is 11.8 Å². The smallest absolute Gasteiger partial charge is 0.123 e. The topological polar surface area (TPSA) is 38.5 Å². The minimum atomic E-state index is 0.170. The van der Waals surface area contributed by atoms with Crippen molar-refractivity contribution in [3.05, 3.63) is 29.8 Å². The number of fused-ring (bicyclic) bond motifs is 1. The molecule has 0 amide bonds. The van der Waals surface area contributed by atoms with E-state index in [4.69, 9.17) is 10.5 Å². The van der Waals surface area contributed by atoms with Crippen LogP contribution in [0.3, 0.4) is 0 Å². The monoisotopic (exact) mass is 278 g/mol. The minimum Gasteiger partial charge on any atom is -0.492 e. The average Bonchev–Trinajstić information content (AvgIpc) is 2.70. The van der Waals surface area contributed by atoms with Crippen molar-refractivity contribution in [3.8, 4) is 5.75 Å². The molecule has 19 heavy (non-hydrogen) atoms. The van der Waals surface area contributed by atoms with Crippen LogP contribution < -0.4 is 10.5 Å². The molecule has 1 saturated heterocycles. The van der Waals surface area contributed by atoms with Crippen LogP contribution in [0.1, 0.15) is 18.4 Å². The summed E-state index contributed by atoms with van der Waals surface area (Å²) in [4.78, 5) is 2.56. The number of hydrogen-bond acceptors (Lipinski definition) is 4. The Kier molecular flexibility index (Phi) is 4.01. The fourth-order valence-electron chi connectivity index (χ4n) is 3.11. The van der Waals surface area contributed by atoms with E-state index in [1.807, 2.05) is 17.8 Å². The molecule has 4 heteroatoms. The van der Waals surface area contributed by atoms with Gasteiger partial charge in [-0.2, -0.15) is 11.8 Å². The highest BCUT2D eigenvalue weighted by Gasteiger charge is 2.38. The predicted molar refractivity (Wildman–Crippen MR) is 80.7 cm³/mol. The van der Waals surface area contributed by atoms with Crippen LogP contribution >= 0.6 is 11.8 Å². The lowest BCUT2D eigenvalue weighted by molar-refractivity contribution is 0.0867. The van der Waals surface area contributed by atoms with Crippen LogP contribution in [0.4, 0.5) is 0 Å². The van der Waals surface area contributed by atoms with Gasteiger partial charge in [-0.3, -0.25) is 4.90 Å². The molecular formula is C15H22N2OS. The third-order valence-electron chi connectivity index (χ3n) is 4.30. The Morgan fingerprint density at radius 1 is 1.37 bits per heavy atom. The van der Waals surface area contributed by atoms with Crippen LogP contribution in [0, 0.1) is 0 Å². The summed E-state index contributed by atoms with van der Waals surface area (Å²) >= 11 is 2.05. The van der Waals surface area contributed by atoms with Gasteiger partial charge in [0.15, 0.2) is 0 Å². The van der Waals surface area contributed by atoms with Crippen LogP contribution in [-0.2, 0) is 6.54 Å². The molecule has 2 N–H and O–H groups in total. The lowest BCUT2D eigenvalue weighted by Crippen LogP contribution is -2.57. The van der Waals surface area contributed by atoms with Gasteiger partial charge in [-0.25, -0.2) is 0 Å². The standard InChI is InChI=1S/C15H22N2OS/c16-11-15(6-3-9-19-12-15)17-7-8-18-14-5-2-1-4-13(14)10-17/h1-2,4-5H,3,6-12,16H2. The minimum absolute atomic E-state index is 0.170. The zero-order chi connectivity index (χ0) is 13.1. The number of rotatable bonds is 2. The Bertz CT molecular complexity index is 432. The Labute approximate surface area is 119 Å². The van der Waals surface area contributed by atoms with E-state index in [9.17, 15) is 0 Å². The predicted octanol–water partition coefficient (Wildman–Crippen LogP) is 2.11. The Morgan fingerprint density at radius 3 is 3.05 bits per heavy atom. The third-order valence-corrected chi connectivity index (χ3v) is 5.62. The fourth-order valence-corrected chi connectivity index (χ4v) is 4.43. The van der Waals surface area contributed by atoms with Crippen molar-refractivity contribution in [1.29, 1.82) is 0 Å². The lowest BCUT2D eigenvalue weighted by Gasteiger charge is -2.45. The first kappa shape index (κ1) is 13.3. The number of ether oxygens (including phenoxy) is 1. The summed E-state index contributed by atoms with van der Waals surface area (Å²) in [6, 6.07) is 8.39. The van der Waals surface area contributed by atoms with Crippen LogP contribution in [0.2, 0.25) is 0 Å². The molecule has 2 heterocycles. The van der Waals surface area contributed by atoms with Crippen LogP contribution in [0.5, 0.6) is 5.75 Å². The van der Waals surface area contributed by atoms with E-state index in [-0.39, 0.29) is 5.54 Å². The molecule has 104 valence electrons. The molecule has 3 rings (SSSR count). The highest BCUT2D eigenvalue weighted by Crippen LogP contribution is 2.34. The molecule has 1 aromatic rings. The molecule has 2 aliphatic heterocycles. The molecule has 0 aliphatic carbocycles. The molecule has 1 aromatic carbocycles. The summed E-state index contributed by atoms with van der Waals surface area (Å²) in [5.41, 5.74) is 7.61. The zero-order valence-electron chi connectivity index (χ0n) is 11.3. The molecule has 1 unspecified atom stereocenters. The summed E-state index contributed by atoms with van der Waals surface area (Å²) in [6.45, 7) is 3.46. The number of para-hydroxylation sites is 1. The maximum Gasteiger partial charge on any atom is 0.123 e. The summed E-state index contributed by atoms with van der Waals surface area (Å²) in [5, 5.41) is 0. The molecule has 2 aliphatic rings. The van der Waals surface area contributed by atoms with E-state index < -0.39 is 0 Å². The summed E-state index contributed by atoms with van der Waals surface area (Å²) in [7, 11) is 0. The first-order valence-electron chi connectivity index (χ1n) is 7.08. The second kappa shape index (κ2) is 5.73. The second-order valence-electron chi connectivity index (χ2n) is 5.46. The van der Waals surface area contributed by atoms with Gasteiger partial charge >= 0.3 is 0 Å². The molecule has 0 bridgehead atoms. The molecule has 3 nitrogen and oxygen atoms in total. The van der Waals surface area contributed by atoms with Gasteiger partial charge in [-0.15, -0.1) is 0 Å². The molecule has 0 aromatic heterocycles. The number of benzene rings is 1. The summed E-state index contributed by atoms with van der Waals surface area (Å²) in [5.74, 6) is 3.48. The van der Waals surface area contributed by atoms with Gasteiger partial charge < -0.3 is 10.5 Å². The van der Waals surface area contributed by atoms with Crippen molar-refractivity contribution in [3.63, 3.8) is 0 Å². The van der Waals surface area contributed by atoms with E-state index in [1.165, 1.54) is 24.2 Å². The van der Waals surface area contributed by atoms with Gasteiger partial charge in [0.05, 0.1) is 0 Å². The van der Waals surface area contributed by atoms with Gasteiger partial charge in [-0.05, 0) is 24.7 Å². The van der Waals surface area contributed by atoms with E-state index in [1.54, 1.807) is 0 Å². The molecule has 1 fully saturated rings. The van der Waals surface area contributed by atoms with E-state index >= 15 is 0 Å². The van der Waals surface area contributed by atoms with Gasteiger partial charge in [0.2, 0.25) is 0 Å². The maximum atomic E-state index is 6.14. The average molecular weight is 278 g/mol. The van der Waals surface area contributed by atoms with Crippen molar-refractivity contribution in [2.45, 2.75) is 24.9 Å². The highest BCUT2D eigenvalue weighted by molar-refractivity contribution is 7.99. The van der Waals surface area contributed by atoms with Crippen molar-refractivity contribution in [2.24, 2.45) is 5.73 Å². The van der Waals surface area contributed by atoms with Gasteiger partial charge in [0.1, 0.15) is 12.4 Å². The summed E-state index contributed by atoms with van der Waals surface area (Å²) in [6.07, 6.45) is 2.50. The largest absolute Gasteiger partial charge is 0.492 e. The highest BCUT2D eigenvalue weighted by atomic mass is 32.2. The van der Waals surface area contributed by atoms with Crippen LogP contribution in [0.25, 0.3) is 0 Å². The molecule has 0 saturated carbocycles. The molecule has 0 spiro atoms. The van der Waals surface area contributed by atoms with Gasteiger partial charge in [0, 0.05) is 36.5 Å². The van der Waals surface area contributed by atoms with Crippen molar-refractivity contribution in [1.82, 2.24) is 4.90 Å². The van der Waals surface area contributed by atoms with Gasteiger partial charge in [-0.1, -0.05) is 18.2 Å². The molecular weight excluding hydrogens is 256 g/mol. The van der Waals surface area contributed by atoms with E-state index in [0.717, 1.165) is 37.7 Å². The fraction of sp³-hybridized carbons (Fsp3) is 0.600. The van der Waals surface area contributed by atoms with Crippen molar-refractivity contribution in [2.75, 3.05) is 31.2 Å². The second-order valence-corrected chi connectivity index (χ2v) is 6.57. The zero-order valence-corrected chi connectivity index (χ0v) is 12.1. The first-order chi connectivity index (χ1) is 9.34. The maximum absolute atomic E-state index is 6.14. The number of nitrogens with two attached hydrogens (primary N) is 1. The SMILES string of the molecule is NCC1(N2CCOc3ccccc3C2)CCCSC1. The number of nitrogens with zero attached hydrogens (tertiary/aromatic N) is 1. The van der Waals surface area contributed by atoms with Crippen LogP contribution in [0.15, 0.2) is 24.3 Å².